The molecule has 0 rings (SSSR count). The van der Waals surface area contributed by atoms with Crippen LogP contribution in [0.5, 0.6) is 0 Å². The molecule has 0 radical (unpaired) electrons. The van der Waals surface area contributed by atoms with Crippen LogP contribution in [0.1, 0.15) is 0 Å². The maximum Gasteiger partial charge on any atom is 0.328 e. The first-order valence-electron chi connectivity index (χ1n) is 2.96. The molecule has 0 aromatic rings. The molecule has 7 heteroatoms. The third kappa shape index (κ3) is 32.8. The highest BCUT2D eigenvalue weighted by Gasteiger charge is 1.88. The summed E-state index contributed by atoms with van der Waals surface area (Å²) in [6.45, 7) is 3.09. The van der Waals surface area contributed by atoms with Crippen LogP contribution in [0.25, 0.3) is 0 Å². The average molecular weight is 205 g/mol. The Kier molecular flexibility index (Phi) is 13.8. The lowest BCUT2D eigenvalue weighted by molar-refractivity contribution is -0.134. The Morgan fingerprint density at radius 2 is 1.29 bits per heavy atom. The van der Waals surface area contributed by atoms with E-state index in [9.17, 15) is 14.4 Å². The summed E-state index contributed by atoms with van der Waals surface area (Å²) in [5.41, 5.74) is 4.53. The third-order valence-corrected chi connectivity index (χ3v) is 0.570. The maximum absolute atomic E-state index is 9.55. The van der Waals surface area contributed by atoms with Crippen molar-refractivity contribution in [2.24, 2.45) is 5.73 Å². The number of carboxylic acid groups (broad SMARTS) is 2. The number of carbonyl (C=O) groups is 3. The fourth-order valence-electron chi connectivity index (χ4n) is 0.143. The number of nitrogens with two attached hydrogens (primary N) is 1. The Hall–Kier alpha value is -2.15. The lowest BCUT2D eigenvalue weighted by Gasteiger charge is -1.74. The van der Waals surface area contributed by atoms with Crippen molar-refractivity contribution in [2.75, 3.05) is 0 Å². The SMILES string of the molecule is C=CC(N)=O.O.O=C(O)/C=C\C(=O)O. The van der Waals surface area contributed by atoms with Gasteiger partial charge in [-0.3, -0.25) is 4.79 Å². The lowest BCUT2D eigenvalue weighted by atomic mass is 10.5. The van der Waals surface area contributed by atoms with E-state index in [1.165, 1.54) is 0 Å². The second-order valence-corrected chi connectivity index (χ2v) is 1.62. The van der Waals surface area contributed by atoms with Gasteiger partial charge in [-0.2, -0.15) is 0 Å². The molecule has 14 heavy (non-hydrogen) atoms. The minimum Gasteiger partial charge on any atom is -0.478 e. The van der Waals surface area contributed by atoms with Gasteiger partial charge in [-0.25, -0.2) is 9.59 Å². The molecule has 0 fully saturated rings. The molecule has 0 aliphatic heterocycles. The van der Waals surface area contributed by atoms with Gasteiger partial charge >= 0.3 is 11.9 Å². The fraction of sp³-hybridized carbons (Fsp3) is 0. The molecule has 0 heterocycles. The zero-order valence-electron chi connectivity index (χ0n) is 7.14. The first-order chi connectivity index (χ1) is 5.90. The predicted molar refractivity (Wildman–Crippen MR) is 47.4 cm³/mol. The molecular formula is C7H11NO6. The average Bonchev–Trinajstić information content (AvgIpc) is 2.02. The minimum absolute atomic E-state index is 0. The zero-order valence-corrected chi connectivity index (χ0v) is 7.14. The highest BCUT2D eigenvalue weighted by atomic mass is 16.4. The van der Waals surface area contributed by atoms with Crippen molar-refractivity contribution in [3.8, 4) is 0 Å². The molecule has 0 unspecified atom stereocenters. The van der Waals surface area contributed by atoms with Gasteiger partial charge < -0.3 is 21.4 Å². The molecule has 0 bridgehead atoms. The van der Waals surface area contributed by atoms with Crippen molar-refractivity contribution in [3.63, 3.8) is 0 Å². The summed E-state index contributed by atoms with van der Waals surface area (Å²) in [6, 6.07) is 0. The summed E-state index contributed by atoms with van der Waals surface area (Å²) in [5, 5.41) is 15.6. The van der Waals surface area contributed by atoms with Crippen LogP contribution in [0.2, 0.25) is 0 Å². The predicted octanol–water partition coefficient (Wildman–Crippen LogP) is -1.46. The molecule has 0 saturated heterocycles. The number of primary amides is 1. The third-order valence-electron chi connectivity index (χ3n) is 0.570. The van der Waals surface area contributed by atoms with E-state index in [1.54, 1.807) is 0 Å². The van der Waals surface area contributed by atoms with Gasteiger partial charge in [0.05, 0.1) is 0 Å². The quantitative estimate of drug-likeness (QED) is 0.481. The number of hydrogen-bond donors (Lipinski definition) is 3. The summed E-state index contributed by atoms with van der Waals surface area (Å²) >= 11 is 0. The van der Waals surface area contributed by atoms with E-state index in [0.717, 1.165) is 6.08 Å². The van der Waals surface area contributed by atoms with Gasteiger partial charge in [-0.05, 0) is 6.08 Å². The van der Waals surface area contributed by atoms with Crippen LogP contribution in [-0.4, -0.2) is 33.5 Å². The standard InChI is InChI=1S/C4H4O4.C3H5NO.H2O/c5-3(6)1-2-4(7)8;1-2-3(4)5;/h1-2H,(H,5,6)(H,7,8);2H,1H2,(H2,4,5);1H2/b2-1-;;. The van der Waals surface area contributed by atoms with Gasteiger partial charge in [0, 0.05) is 12.2 Å². The second-order valence-electron chi connectivity index (χ2n) is 1.62. The molecule has 0 aliphatic rings. The number of amides is 1. The van der Waals surface area contributed by atoms with Gasteiger partial charge in [0.1, 0.15) is 0 Å². The number of hydrogen-bond acceptors (Lipinski definition) is 3. The Morgan fingerprint density at radius 3 is 1.36 bits per heavy atom. The molecule has 0 spiro atoms. The molecule has 7 nitrogen and oxygen atoms in total. The molecule has 0 saturated carbocycles. The second kappa shape index (κ2) is 10.8. The molecule has 6 N–H and O–H groups in total. The summed E-state index contributed by atoms with van der Waals surface area (Å²) in [7, 11) is 0. The molecule has 0 aromatic carbocycles. The Morgan fingerprint density at radius 1 is 1.07 bits per heavy atom. The fourth-order valence-corrected chi connectivity index (χ4v) is 0.143. The van der Waals surface area contributed by atoms with Gasteiger partial charge in [-0.1, -0.05) is 6.58 Å². The summed E-state index contributed by atoms with van der Waals surface area (Å²) in [4.78, 5) is 28.6. The van der Waals surface area contributed by atoms with Crippen LogP contribution in [0.3, 0.4) is 0 Å². The highest BCUT2D eigenvalue weighted by Crippen LogP contribution is 1.70. The number of rotatable bonds is 3. The number of carboxylic acids is 2. The van der Waals surface area contributed by atoms with E-state index >= 15 is 0 Å². The molecule has 0 aliphatic carbocycles. The summed E-state index contributed by atoms with van der Waals surface area (Å²) in [6.07, 6.45) is 2.17. The van der Waals surface area contributed by atoms with Crippen LogP contribution in [0.15, 0.2) is 24.8 Å². The summed E-state index contributed by atoms with van der Waals surface area (Å²) in [5.74, 6) is -3.00. The maximum atomic E-state index is 9.55. The lowest BCUT2D eigenvalue weighted by Crippen LogP contribution is -2.04. The normalized spacial score (nSPS) is 7.71. The van der Waals surface area contributed by atoms with E-state index in [1.807, 2.05) is 0 Å². The molecule has 1 amide bonds. The van der Waals surface area contributed by atoms with Crippen LogP contribution in [0, 0.1) is 0 Å². The largest absolute Gasteiger partial charge is 0.478 e. The monoisotopic (exact) mass is 205 g/mol. The van der Waals surface area contributed by atoms with Crippen molar-refractivity contribution < 1.29 is 30.1 Å². The van der Waals surface area contributed by atoms with E-state index < -0.39 is 17.8 Å². The Balaban J connectivity index is -0.000000177. The van der Waals surface area contributed by atoms with Crippen LogP contribution < -0.4 is 5.73 Å². The van der Waals surface area contributed by atoms with E-state index in [4.69, 9.17) is 10.2 Å². The van der Waals surface area contributed by atoms with Crippen LogP contribution >= 0.6 is 0 Å². The Bertz CT molecular complexity index is 229. The van der Waals surface area contributed by atoms with Gasteiger partial charge in [0.15, 0.2) is 0 Å². The van der Waals surface area contributed by atoms with Gasteiger partial charge in [-0.15, -0.1) is 0 Å². The van der Waals surface area contributed by atoms with Crippen molar-refractivity contribution in [1.82, 2.24) is 0 Å². The van der Waals surface area contributed by atoms with Gasteiger partial charge in [0.25, 0.3) is 0 Å². The number of carbonyl (C=O) groups excluding carboxylic acids is 1. The van der Waals surface area contributed by atoms with E-state index in [0.29, 0.717) is 12.2 Å². The Labute approximate surface area is 79.4 Å². The van der Waals surface area contributed by atoms with Gasteiger partial charge in [0.2, 0.25) is 5.91 Å². The molecular weight excluding hydrogens is 194 g/mol. The van der Waals surface area contributed by atoms with Crippen LogP contribution in [-0.2, 0) is 14.4 Å². The topological polar surface area (TPSA) is 149 Å². The highest BCUT2D eigenvalue weighted by molar-refractivity contribution is 5.89. The van der Waals surface area contributed by atoms with Crippen molar-refractivity contribution in [1.29, 1.82) is 0 Å². The molecule has 0 aromatic heterocycles. The zero-order chi connectivity index (χ0) is 10.9. The van der Waals surface area contributed by atoms with Crippen molar-refractivity contribution >= 4 is 17.8 Å². The molecule has 80 valence electrons. The first-order valence-corrected chi connectivity index (χ1v) is 2.96. The smallest absolute Gasteiger partial charge is 0.328 e. The van der Waals surface area contributed by atoms with E-state index in [-0.39, 0.29) is 5.48 Å². The minimum atomic E-state index is -1.26. The van der Waals surface area contributed by atoms with Crippen molar-refractivity contribution in [2.45, 2.75) is 0 Å². The summed E-state index contributed by atoms with van der Waals surface area (Å²) < 4.78 is 0. The first kappa shape index (κ1) is 17.8. The van der Waals surface area contributed by atoms with E-state index in [2.05, 4.69) is 12.3 Å². The van der Waals surface area contributed by atoms with Crippen molar-refractivity contribution in [3.05, 3.63) is 24.8 Å². The number of aliphatic carboxylic acids is 2. The molecule has 0 atom stereocenters. The van der Waals surface area contributed by atoms with Crippen LogP contribution in [0.4, 0.5) is 0 Å².